The second kappa shape index (κ2) is 9.94. The van der Waals surface area contributed by atoms with Crippen LogP contribution in [0.15, 0.2) is 24.3 Å². The molecule has 4 N–H and O–H groups in total. The van der Waals surface area contributed by atoms with Gasteiger partial charge in [0.05, 0.1) is 0 Å². The van der Waals surface area contributed by atoms with E-state index in [-0.39, 0.29) is 11.8 Å². The van der Waals surface area contributed by atoms with Gasteiger partial charge in [-0.3, -0.25) is 9.59 Å². The molecule has 1 aromatic rings. The van der Waals surface area contributed by atoms with E-state index in [1.54, 1.807) is 24.3 Å². The van der Waals surface area contributed by atoms with Gasteiger partial charge < -0.3 is 16.4 Å². The predicted octanol–water partition coefficient (Wildman–Crippen LogP) is 2.28. The molecule has 1 aromatic carbocycles. The van der Waals surface area contributed by atoms with E-state index in [0.717, 1.165) is 31.4 Å². The number of carbonyl (C=O) groups is 2. The van der Waals surface area contributed by atoms with Gasteiger partial charge >= 0.3 is 0 Å². The molecule has 0 saturated carbocycles. The molecule has 0 radical (unpaired) electrons. The summed E-state index contributed by atoms with van der Waals surface area (Å²) < 4.78 is 0. The van der Waals surface area contributed by atoms with Crippen LogP contribution >= 0.6 is 0 Å². The fourth-order valence-electron chi connectivity index (χ4n) is 1.97. The zero-order valence-electron chi connectivity index (χ0n) is 12.7. The number of anilines is 1. The molecule has 0 heterocycles. The number of amides is 2. The zero-order valence-corrected chi connectivity index (χ0v) is 12.7. The van der Waals surface area contributed by atoms with Gasteiger partial charge in [0.1, 0.15) is 0 Å². The van der Waals surface area contributed by atoms with Crippen LogP contribution in [0, 0.1) is 0 Å². The Labute approximate surface area is 126 Å². The van der Waals surface area contributed by atoms with Crippen molar-refractivity contribution in [3.63, 3.8) is 0 Å². The van der Waals surface area contributed by atoms with Crippen LogP contribution < -0.4 is 16.4 Å². The van der Waals surface area contributed by atoms with Gasteiger partial charge in [-0.2, -0.15) is 0 Å². The van der Waals surface area contributed by atoms with Crippen molar-refractivity contribution in [2.24, 2.45) is 5.73 Å². The Morgan fingerprint density at radius 1 is 1.05 bits per heavy atom. The lowest BCUT2D eigenvalue weighted by Gasteiger charge is -2.07. The Morgan fingerprint density at radius 3 is 2.33 bits per heavy atom. The van der Waals surface area contributed by atoms with Gasteiger partial charge in [-0.1, -0.05) is 12.8 Å². The summed E-state index contributed by atoms with van der Waals surface area (Å²) in [4.78, 5) is 23.3. The van der Waals surface area contributed by atoms with Gasteiger partial charge in [0, 0.05) is 24.2 Å². The topological polar surface area (TPSA) is 84.2 Å². The van der Waals surface area contributed by atoms with E-state index in [1.807, 2.05) is 6.92 Å². The van der Waals surface area contributed by atoms with Gasteiger partial charge in [-0.25, -0.2) is 0 Å². The second-order valence-corrected chi connectivity index (χ2v) is 4.94. The number of hydrogen-bond acceptors (Lipinski definition) is 3. The first-order chi connectivity index (χ1) is 10.2. The largest absolute Gasteiger partial charge is 0.352 e. The number of unbranched alkanes of at least 4 members (excludes halogenated alkanes) is 3. The highest BCUT2D eigenvalue weighted by atomic mass is 16.2. The number of nitrogens with one attached hydrogen (secondary N) is 2. The standard InChI is InChI=1S/C16H25N3O2/c1-2-18-16(21)13-8-10-14(11-9-13)19-15(20)7-5-3-4-6-12-17/h8-11H,2-7,12,17H2,1H3,(H,18,21)(H,19,20). The summed E-state index contributed by atoms with van der Waals surface area (Å²) in [6.45, 7) is 3.19. The number of carbonyl (C=O) groups excluding carboxylic acids is 2. The number of hydrogen-bond donors (Lipinski definition) is 3. The van der Waals surface area contributed by atoms with Crippen LogP contribution in [-0.4, -0.2) is 24.9 Å². The number of benzene rings is 1. The normalized spacial score (nSPS) is 10.2. The predicted molar refractivity (Wildman–Crippen MR) is 85.2 cm³/mol. The summed E-state index contributed by atoms with van der Waals surface area (Å²) in [6.07, 6.45) is 4.51. The minimum Gasteiger partial charge on any atom is -0.352 e. The SMILES string of the molecule is CCNC(=O)c1ccc(NC(=O)CCCCCCN)cc1. The minimum atomic E-state index is -0.102. The van der Waals surface area contributed by atoms with E-state index >= 15 is 0 Å². The molecule has 0 aromatic heterocycles. The van der Waals surface area contributed by atoms with E-state index in [1.165, 1.54) is 0 Å². The maximum absolute atomic E-state index is 11.8. The third-order valence-electron chi connectivity index (χ3n) is 3.13. The molecule has 0 saturated heterocycles. The summed E-state index contributed by atoms with van der Waals surface area (Å²) >= 11 is 0. The van der Waals surface area contributed by atoms with Crippen molar-refractivity contribution < 1.29 is 9.59 Å². The summed E-state index contributed by atoms with van der Waals surface area (Å²) in [5.74, 6) is -0.0937. The van der Waals surface area contributed by atoms with Gasteiger partial charge in [-0.15, -0.1) is 0 Å². The van der Waals surface area contributed by atoms with Gasteiger partial charge in [0.25, 0.3) is 5.91 Å². The Bertz CT molecular complexity index is 443. The number of nitrogens with two attached hydrogens (primary N) is 1. The summed E-state index contributed by atoms with van der Waals surface area (Å²) in [5, 5.41) is 5.57. The maximum atomic E-state index is 11.8. The molecule has 0 aliphatic rings. The van der Waals surface area contributed by atoms with Crippen molar-refractivity contribution in [1.82, 2.24) is 5.32 Å². The van der Waals surface area contributed by atoms with Crippen LogP contribution in [0.1, 0.15) is 49.4 Å². The molecule has 0 aliphatic carbocycles. The van der Waals surface area contributed by atoms with Gasteiger partial charge in [-0.05, 0) is 50.6 Å². The molecular weight excluding hydrogens is 266 g/mol. The van der Waals surface area contributed by atoms with E-state index in [2.05, 4.69) is 10.6 Å². The molecule has 0 fully saturated rings. The Hall–Kier alpha value is -1.88. The molecule has 0 bridgehead atoms. The summed E-state index contributed by atoms with van der Waals surface area (Å²) in [5.41, 5.74) is 6.73. The second-order valence-electron chi connectivity index (χ2n) is 4.94. The molecule has 5 nitrogen and oxygen atoms in total. The van der Waals surface area contributed by atoms with E-state index in [9.17, 15) is 9.59 Å². The average molecular weight is 291 g/mol. The fourth-order valence-corrected chi connectivity index (χ4v) is 1.97. The highest BCUT2D eigenvalue weighted by Gasteiger charge is 2.05. The van der Waals surface area contributed by atoms with Gasteiger partial charge in [0.15, 0.2) is 0 Å². The molecular formula is C16H25N3O2. The monoisotopic (exact) mass is 291 g/mol. The van der Waals surface area contributed by atoms with Crippen LogP contribution in [-0.2, 0) is 4.79 Å². The Morgan fingerprint density at radius 2 is 1.71 bits per heavy atom. The molecule has 2 amide bonds. The molecule has 0 unspecified atom stereocenters. The highest BCUT2D eigenvalue weighted by molar-refractivity contribution is 5.95. The third kappa shape index (κ3) is 6.90. The van der Waals surface area contributed by atoms with Crippen molar-refractivity contribution in [2.45, 2.75) is 39.0 Å². The first-order valence-corrected chi connectivity index (χ1v) is 7.55. The van der Waals surface area contributed by atoms with E-state index in [0.29, 0.717) is 25.1 Å². The highest BCUT2D eigenvalue weighted by Crippen LogP contribution is 2.11. The van der Waals surface area contributed by atoms with Crippen molar-refractivity contribution in [2.75, 3.05) is 18.4 Å². The van der Waals surface area contributed by atoms with Crippen LogP contribution in [0.25, 0.3) is 0 Å². The van der Waals surface area contributed by atoms with Crippen LogP contribution in [0.5, 0.6) is 0 Å². The summed E-state index contributed by atoms with van der Waals surface area (Å²) in [6, 6.07) is 6.91. The lowest BCUT2D eigenvalue weighted by atomic mass is 10.1. The average Bonchev–Trinajstić information content (AvgIpc) is 2.48. The molecule has 0 spiro atoms. The molecule has 116 valence electrons. The first-order valence-electron chi connectivity index (χ1n) is 7.55. The lowest BCUT2D eigenvalue weighted by molar-refractivity contribution is -0.116. The molecule has 0 atom stereocenters. The van der Waals surface area contributed by atoms with Crippen LogP contribution in [0.3, 0.4) is 0 Å². The van der Waals surface area contributed by atoms with E-state index < -0.39 is 0 Å². The Kier molecular flexibility index (Phi) is 8.12. The first kappa shape index (κ1) is 17.2. The minimum absolute atomic E-state index is 0.00788. The van der Waals surface area contributed by atoms with Crippen molar-refractivity contribution in [3.05, 3.63) is 29.8 Å². The molecule has 0 aliphatic heterocycles. The summed E-state index contributed by atoms with van der Waals surface area (Å²) in [7, 11) is 0. The van der Waals surface area contributed by atoms with Crippen molar-refractivity contribution >= 4 is 17.5 Å². The zero-order chi connectivity index (χ0) is 15.5. The smallest absolute Gasteiger partial charge is 0.251 e. The fraction of sp³-hybridized carbons (Fsp3) is 0.500. The van der Waals surface area contributed by atoms with Crippen molar-refractivity contribution in [1.29, 1.82) is 0 Å². The number of rotatable bonds is 9. The van der Waals surface area contributed by atoms with Crippen molar-refractivity contribution in [3.8, 4) is 0 Å². The third-order valence-corrected chi connectivity index (χ3v) is 3.13. The van der Waals surface area contributed by atoms with Crippen LogP contribution in [0.4, 0.5) is 5.69 Å². The van der Waals surface area contributed by atoms with E-state index in [4.69, 9.17) is 5.73 Å². The molecule has 21 heavy (non-hydrogen) atoms. The van der Waals surface area contributed by atoms with Crippen LogP contribution in [0.2, 0.25) is 0 Å². The maximum Gasteiger partial charge on any atom is 0.251 e. The quantitative estimate of drug-likeness (QED) is 0.610. The Balaban J connectivity index is 2.34. The molecule has 5 heteroatoms. The molecule has 1 rings (SSSR count). The lowest BCUT2D eigenvalue weighted by Crippen LogP contribution is -2.22. The van der Waals surface area contributed by atoms with Gasteiger partial charge in [0.2, 0.25) is 5.91 Å².